The lowest BCUT2D eigenvalue weighted by atomic mass is 10.1. The molecule has 0 spiro atoms. The van der Waals surface area contributed by atoms with Gasteiger partial charge in [-0.25, -0.2) is 5.84 Å². The summed E-state index contributed by atoms with van der Waals surface area (Å²) in [5.74, 6) is 4.94. The van der Waals surface area contributed by atoms with Gasteiger partial charge in [0.25, 0.3) is 5.91 Å². The van der Waals surface area contributed by atoms with Crippen molar-refractivity contribution in [3.05, 3.63) is 0 Å². The van der Waals surface area contributed by atoms with Crippen LogP contribution < -0.4 is 11.3 Å². The Morgan fingerprint density at radius 2 is 2.17 bits per heavy atom. The van der Waals surface area contributed by atoms with Gasteiger partial charge in [0.05, 0.1) is 6.10 Å². The summed E-state index contributed by atoms with van der Waals surface area (Å²) in [4.78, 5) is 14.0. The molecular weight excluding hydrogens is 230 g/mol. The zero-order chi connectivity index (χ0) is 13.1. The highest BCUT2D eigenvalue weighted by Crippen LogP contribution is 2.29. The lowest BCUT2D eigenvalue weighted by Gasteiger charge is -2.30. The highest BCUT2D eigenvalue weighted by atomic mass is 16.5. The van der Waals surface area contributed by atoms with E-state index < -0.39 is 0 Å². The second kappa shape index (κ2) is 5.99. The molecular formula is C13H25N3O2. The van der Waals surface area contributed by atoms with Gasteiger partial charge in [0.1, 0.15) is 6.10 Å². The second-order valence-electron chi connectivity index (χ2n) is 5.52. The Kier molecular flexibility index (Phi) is 4.59. The van der Waals surface area contributed by atoms with Gasteiger partial charge in [0, 0.05) is 18.6 Å². The number of nitrogens with one attached hydrogen (secondary N) is 1. The minimum Gasteiger partial charge on any atom is -0.364 e. The van der Waals surface area contributed by atoms with Crippen molar-refractivity contribution in [2.24, 2.45) is 5.84 Å². The third-order valence-electron chi connectivity index (χ3n) is 4.38. The number of rotatable bonds is 4. The molecule has 0 aromatic carbocycles. The SMILES string of the molecule is CCC1CCC(C)N1CC1CCC(C(=O)NN)O1. The Bertz CT molecular complexity index is 298. The zero-order valence-electron chi connectivity index (χ0n) is 11.4. The number of nitrogens with two attached hydrogens (primary N) is 1. The molecule has 1 amide bonds. The van der Waals surface area contributed by atoms with Crippen molar-refractivity contribution in [2.45, 2.75) is 70.2 Å². The first kappa shape index (κ1) is 13.8. The number of carbonyl (C=O) groups excluding carboxylic acids is 1. The second-order valence-corrected chi connectivity index (χ2v) is 5.52. The van der Waals surface area contributed by atoms with Gasteiger partial charge in [-0.2, -0.15) is 0 Å². The number of carbonyl (C=O) groups is 1. The van der Waals surface area contributed by atoms with Crippen LogP contribution in [0.4, 0.5) is 0 Å². The minimum absolute atomic E-state index is 0.182. The number of likely N-dealkylation sites (tertiary alicyclic amines) is 1. The lowest BCUT2D eigenvalue weighted by Crippen LogP contribution is -2.42. The first-order valence-corrected chi connectivity index (χ1v) is 7.07. The van der Waals surface area contributed by atoms with Crippen LogP contribution in [0.3, 0.4) is 0 Å². The predicted octanol–water partition coefficient (Wildman–Crippen LogP) is 0.787. The van der Waals surface area contributed by atoms with Crippen LogP contribution in [-0.4, -0.2) is 41.6 Å². The fourth-order valence-electron chi connectivity index (χ4n) is 3.25. The molecule has 2 fully saturated rings. The molecule has 0 saturated carbocycles. The fraction of sp³-hybridized carbons (Fsp3) is 0.923. The molecule has 4 atom stereocenters. The zero-order valence-corrected chi connectivity index (χ0v) is 11.4. The number of hydrogen-bond donors (Lipinski definition) is 2. The molecule has 0 aromatic heterocycles. The van der Waals surface area contributed by atoms with E-state index in [0.717, 1.165) is 19.4 Å². The quantitative estimate of drug-likeness (QED) is 0.443. The van der Waals surface area contributed by atoms with Crippen LogP contribution in [0.1, 0.15) is 46.0 Å². The van der Waals surface area contributed by atoms with Gasteiger partial charge in [0.15, 0.2) is 0 Å². The largest absolute Gasteiger partial charge is 0.364 e. The van der Waals surface area contributed by atoms with E-state index in [9.17, 15) is 4.79 Å². The van der Waals surface area contributed by atoms with E-state index in [1.54, 1.807) is 0 Å². The van der Waals surface area contributed by atoms with Gasteiger partial charge < -0.3 is 4.74 Å². The molecule has 2 aliphatic heterocycles. The van der Waals surface area contributed by atoms with Gasteiger partial charge in [0.2, 0.25) is 0 Å². The molecule has 104 valence electrons. The van der Waals surface area contributed by atoms with Crippen molar-refractivity contribution < 1.29 is 9.53 Å². The molecule has 0 aromatic rings. The Morgan fingerprint density at radius 1 is 1.39 bits per heavy atom. The molecule has 2 aliphatic rings. The molecule has 5 nitrogen and oxygen atoms in total. The molecule has 2 saturated heterocycles. The number of amides is 1. The maximum Gasteiger partial charge on any atom is 0.263 e. The Morgan fingerprint density at radius 3 is 2.83 bits per heavy atom. The van der Waals surface area contributed by atoms with Crippen molar-refractivity contribution in [2.75, 3.05) is 6.54 Å². The smallest absolute Gasteiger partial charge is 0.263 e. The van der Waals surface area contributed by atoms with E-state index in [1.165, 1.54) is 19.3 Å². The normalized spacial score (nSPS) is 37.1. The van der Waals surface area contributed by atoms with Gasteiger partial charge in [-0.15, -0.1) is 0 Å². The van der Waals surface area contributed by atoms with Crippen molar-refractivity contribution in [1.29, 1.82) is 0 Å². The summed E-state index contributed by atoms with van der Waals surface area (Å²) in [5, 5.41) is 0. The van der Waals surface area contributed by atoms with Crippen molar-refractivity contribution in [3.63, 3.8) is 0 Å². The average Bonchev–Trinajstić information content (AvgIpc) is 2.97. The summed E-state index contributed by atoms with van der Waals surface area (Å²) < 4.78 is 5.78. The van der Waals surface area contributed by atoms with E-state index >= 15 is 0 Å². The first-order valence-electron chi connectivity index (χ1n) is 7.07. The lowest BCUT2D eigenvalue weighted by molar-refractivity contribution is -0.132. The molecule has 5 heteroatoms. The monoisotopic (exact) mass is 255 g/mol. The number of hydrazine groups is 1. The molecule has 0 bridgehead atoms. The van der Waals surface area contributed by atoms with E-state index in [1.807, 2.05) is 0 Å². The highest BCUT2D eigenvalue weighted by molar-refractivity contribution is 5.80. The van der Waals surface area contributed by atoms with Crippen LogP contribution in [0.2, 0.25) is 0 Å². The summed E-state index contributed by atoms with van der Waals surface area (Å²) in [6.07, 6.45) is 5.34. The average molecular weight is 255 g/mol. The number of ether oxygens (including phenoxy) is 1. The summed E-state index contributed by atoms with van der Waals surface area (Å²) in [7, 11) is 0. The summed E-state index contributed by atoms with van der Waals surface area (Å²) in [5.41, 5.74) is 2.17. The van der Waals surface area contributed by atoms with E-state index in [-0.39, 0.29) is 18.1 Å². The molecule has 0 aliphatic carbocycles. The van der Waals surface area contributed by atoms with E-state index in [2.05, 4.69) is 24.2 Å². The van der Waals surface area contributed by atoms with Crippen LogP contribution >= 0.6 is 0 Å². The van der Waals surface area contributed by atoms with Gasteiger partial charge in [-0.1, -0.05) is 6.92 Å². The van der Waals surface area contributed by atoms with Gasteiger partial charge in [-0.05, 0) is 39.0 Å². The van der Waals surface area contributed by atoms with Crippen LogP contribution in [0, 0.1) is 0 Å². The van der Waals surface area contributed by atoms with Crippen LogP contribution in [0.25, 0.3) is 0 Å². The summed E-state index contributed by atoms with van der Waals surface area (Å²) in [6.45, 7) is 5.48. The molecule has 0 radical (unpaired) electrons. The molecule has 2 rings (SSSR count). The van der Waals surface area contributed by atoms with Gasteiger partial charge in [-0.3, -0.25) is 15.1 Å². The molecule has 3 N–H and O–H groups in total. The topological polar surface area (TPSA) is 67.6 Å². The number of hydrogen-bond acceptors (Lipinski definition) is 4. The van der Waals surface area contributed by atoms with Gasteiger partial charge >= 0.3 is 0 Å². The Hall–Kier alpha value is -0.650. The third kappa shape index (κ3) is 2.84. The maximum absolute atomic E-state index is 11.4. The Balaban J connectivity index is 1.85. The van der Waals surface area contributed by atoms with Crippen LogP contribution in [-0.2, 0) is 9.53 Å². The standard InChI is InChI=1S/C13H25N3O2/c1-3-10-5-4-9(2)16(10)8-11-6-7-12(18-11)13(17)15-14/h9-12H,3-8,14H2,1-2H3,(H,15,17). The highest BCUT2D eigenvalue weighted by Gasteiger charge is 2.35. The minimum atomic E-state index is -0.349. The number of nitrogens with zero attached hydrogens (tertiary/aromatic N) is 1. The fourth-order valence-corrected chi connectivity index (χ4v) is 3.25. The summed E-state index contributed by atoms with van der Waals surface area (Å²) >= 11 is 0. The third-order valence-corrected chi connectivity index (χ3v) is 4.38. The van der Waals surface area contributed by atoms with Crippen molar-refractivity contribution >= 4 is 5.91 Å². The summed E-state index contributed by atoms with van der Waals surface area (Å²) in [6, 6.07) is 1.33. The first-order chi connectivity index (χ1) is 8.65. The molecule has 18 heavy (non-hydrogen) atoms. The van der Waals surface area contributed by atoms with Crippen molar-refractivity contribution in [3.8, 4) is 0 Å². The van der Waals surface area contributed by atoms with Crippen LogP contribution in [0.5, 0.6) is 0 Å². The Labute approximate surface area is 109 Å². The van der Waals surface area contributed by atoms with E-state index in [0.29, 0.717) is 12.1 Å². The molecule has 4 unspecified atom stereocenters. The van der Waals surface area contributed by atoms with E-state index in [4.69, 9.17) is 10.6 Å². The maximum atomic E-state index is 11.4. The van der Waals surface area contributed by atoms with Crippen LogP contribution in [0.15, 0.2) is 0 Å². The molecule has 2 heterocycles. The predicted molar refractivity (Wildman–Crippen MR) is 69.7 cm³/mol. The van der Waals surface area contributed by atoms with Crippen molar-refractivity contribution in [1.82, 2.24) is 10.3 Å².